The van der Waals surface area contributed by atoms with E-state index in [0.29, 0.717) is 12.1 Å². The second kappa shape index (κ2) is 4.60. The maximum absolute atomic E-state index is 5.94. The van der Waals surface area contributed by atoms with Crippen molar-refractivity contribution in [1.82, 2.24) is 9.88 Å². The molecule has 0 saturated carbocycles. The zero-order chi connectivity index (χ0) is 10.8. The predicted octanol–water partition coefficient (Wildman–Crippen LogP) is 1.76. The first-order valence-corrected chi connectivity index (χ1v) is 6.44. The van der Waals surface area contributed by atoms with Crippen molar-refractivity contribution < 1.29 is 0 Å². The molecular weight excluding hydrogens is 206 g/mol. The number of aryl methyl sites for hydroxylation is 1. The van der Waals surface area contributed by atoms with E-state index in [9.17, 15) is 0 Å². The number of thiazole rings is 1. The Morgan fingerprint density at radius 1 is 1.67 bits per heavy atom. The Morgan fingerprint density at radius 2 is 2.47 bits per heavy atom. The first-order valence-electron chi connectivity index (χ1n) is 5.56. The highest BCUT2D eigenvalue weighted by Gasteiger charge is 2.23. The molecular formula is C11H19N3S. The summed E-state index contributed by atoms with van der Waals surface area (Å²) in [7, 11) is 0. The Labute approximate surface area is 95.3 Å². The molecule has 0 radical (unpaired) electrons. The van der Waals surface area contributed by atoms with Gasteiger partial charge in [0.05, 0.1) is 10.7 Å². The molecule has 3 nitrogen and oxygen atoms in total. The maximum Gasteiger partial charge on any atom is 0.0897 e. The van der Waals surface area contributed by atoms with E-state index < -0.39 is 0 Å². The van der Waals surface area contributed by atoms with Gasteiger partial charge in [-0.15, -0.1) is 11.3 Å². The molecule has 1 fully saturated rings. The summed E-state index contributed by atoms with van der Waals surface area (Å²) < 4.78 is 0. The van der Waals surface area contributed by atoms with Crippen LogP contribution in [0.2, 0.25) is 0 Å². The van der Waals surface area contributed by atoms with Gasteiger partial charge < -0.3 is 5.73 Å². The fourth-order valence-corrected chi connectivity index (χ4v) is 2.78. The number of likely N-dealkylation sites (tertiary alicyclic amines) is 1. The molecule has 0 aliphatic carbocycles. The molecule has 2 heterocycles. The highest BCUT2D eigenvalue weighted by molar-refractivity contribution is 7.09. The van der Waals surface area contributed by atoms with E-state index in [1.807, 2.05) is 0 Å². The summed E-state index contributed by atoms with van der Waals surface area (Å²) in [4.78, 5) is 6.99. The van der Waals surface area contributed by atoms with Gasteiger partial charge >= 0.3 is 0 Å². The minimum Gasteiger partial charge on any atom is -0.328 e. The smallest absolute Gasteiger partial charge is 0.0897 e. The van der Waals surface area contributed by atoms with Crippen LogP contribution in [0.3, 0.4) is 0 Å². The standard InChI is InChI=1S/C11H19N3S/c1-8-5-10(12)3-4-14(8)6-11-7-15-9(2)13-11/h7-8,10H,3-6,12H2,1-2H3. The molecule has 1 aromatic rings. The highest BCUT2D eigenvalue weighted by Crippen LogP contribution is 2.19. The average Bonchev–Trinajstić information content (AvgIpc) is 2.56. The van der Waals surface area contributed by atoms with Crippen molar-refractivity contribution >= 4 is 11.3 Å². The molecule has 1 aliphatic rings. The zero-order valence-electron chi connectivity index (χ0n) is 9.44. The van der Waals surface area contributed by atoms with E-state index in [4.69, 9.17) is 5.73 Å². The van der Waals surface area contributed by atoms with Gasteiger partial charge in [0.15, 0.2) is 0 Å². The minimum absolute atomic E-state index is 0.397. The van der Waals surface area contributed by atoms with Crippen molar-refractivity contribution in [2.45, 2.75) is 45.3 Å². The van der Waals surface area contributed by atoms with Crippen LogP contribution < -0.4 is 5.73 Å². The normalized spacial score (nSPS) is 28.2. The van der Waals surface area contributed by atoms with Crippen LogP contribution in [0.5, 0.6) is 0 Å². The second-order valence-corrected chi connectivity index (χ2v) is 5.52. The third kappa shape index (κ3) is 2.77. The lowest BCUT2D eigenvalue weighted by Gasteiger charge is -2.35. The number of hydrogen-bond acceptors (Lipinski definition) is 4. The van der Waals surface area contributed by atoms with E-state index in [1.165, 1.54) is 5.69 Å². The number of rotatable bonds is 2. The van der Waals surface area contributed by atoms with Crippen molar-refractivity contribution in [2.24, 2.45) is 5.73 Å². The second-order valence-electron chi connectivity index (χ2n) is 4.46. The number of aromatic nitrogens is 1. The summed E-state index contributed by atoms with van der Waals surface area (Å²) in [5, 5.41) is 3.32. The summed E-state index contributed by atoms with van der Waals surface area (Å²) in [5.41, 5.74) is 7.15. The van der Waals surface area contributed by atoms with Crippen LogP contribution in [0.15, 0.2) is 5.38 Å². The molecule has 84 valence electrons. The van der Waals surface area contributed by atoms with Crippen LogP contribution in [0.1, 0.15) is 30.5 Å². The molecule has 2 N–H and O–H groups in total. The monoisotopic (exact) mass is 225 g/mol. The number of nitrogens with zero attached hydrogens (tertiary/aromatic N) is 2. The van der Waals surface area contributed by atoms with Crippen molar-refractivity contribution in [3.8, 4) is 0 Å². The van der Waals surface area contributed by atoms with Crippen LogP contribution in [-0.2, 0) is 6.54 Å². The Morgan fingerprint density at radius 3 is 3.07 bits per heavy atom. The highest BCUT2D eigenvalue weighted by atomic mass is 32.1. The van der Waals surface area contributed by atoms with Crippen LogP contribution >= 0.6 is 11.3 Å². The quantitative estimate of drug-likeness (QED) is 0.834. The Kier molecular flexibility index (Phi) is 3.38. The predicted molar refractivity (Wildman–Crippen MR) is 63.9 cm³/mol. The first kappa shape index (κ1) is 11.0. The number of nitrogens with two attached hydrogens (primary N) is 1. The average molecular weight is 225 g/mol. The Hall–Kier alpha value is -0.450. The van der Waals surface area contributed by atoms with Gasteiger partial charge in [0.25, 0.3) is 0 Å². The summed E-state index contributed by atoms with van der Waals surface area (Å²) in [5.74, 6) is 0. The van der Waals surface area contributed by atoms with Crippen LogP contribution in [0, 0.1) is 6.92 Å². The van der Waals surface area contributed by atoms with E-state index in [-0.39, 0.29) is 0 Å². The molecule has 0 aromatic carbocycles. The molecule has 0 spiro atoms. The third-order valence-electron chi connectivity index (χ3n) is 3.09. The van der Waals surface area contributed by atoms with E-state index >= 15 is 0 Å². The largest absolute Gasteiger partial charge is 0.328 e. The van der Waals surface area contributed by atoms with Gasteiger partial charge in [0.1, 0.15) is 0 Å². The van der Waals surface area contributed by atoms with Crippen molar-refractivity contribution in [1.29, 1.82) is 0 Å². The van der Waals surface area contributed by atoms with Crippen LogP contribution in [0.25, 0.3) is 0 Å². The lowest BCUT2D eigenvalue weighted by Crippen LogP contribution is -2.45. The number of piperidine rings is 1. The SMILES string of the molecule is Cc1nc(CN2CCC(N)CC2C)cs1. The lowest BCUT2D eigenvalue weighted by molar-refractivity contribution is 0.138. The molecule has 2 unspecified atom stereocenters. The van der Waals surface area contributed by atoms with Crippen LogP contribution in [-0.4, -0.2) is 28.5 Å². The molecule has 0 amide bonds. The molecule has 15 heavy (non-hydrogen) atoms. The van der Waals surface area contributed by atoms with Gasteiger partial charge in [0, 0.05) is 30.6 Å². The van der Waals surface area contributed by atoms with Crippen molar-refractivity contribution in [3.05, 3.63) is 16.1 Å². The Bertz CT molecular complexity index is 323. The minimum atomic E-state index is 0.397. The van der Waals surface area contributed by atoms with E-state index in [0.717, 1.165) is 30.9 Å². The molecule has 2 atom stereocenters. The van der Waals surface area contributed by atoms with Gasteiger partial charge in [-0.2, -0.15) is 0 Å². The topological polar surface area (TPSA) is 42.2 Å². The zero-order valence-corrected chi connectivity index (χ0v) is 10.3. The summed E-state index contributed by atoms with van der Waals surface area (Å²) in [6.07, 6.45) is 2.23. The summed E-state index contributed by atoms with van der Waals surface area (Å²) >= 11 is 1.73. The van der Waals surface area contributed by atoms with Crippen molar-refractivity contribution in [2.75, 3.05) is 6.54 Å². The lowest BCUT2D eigenvalue weighted by atomic mass is 9.99. The maximum atomic E-state index is 5.94. The molecule has 0 bridgehead atoms. The molecule has 4 heteroatoms. The molecule has 2 rings (SSSR count). The number of hydrogen-bond donors (Lipinski definition) is 1. The fourth-order valence-electron chi connectivity index (χ4n) is 2.18. The van der Waals surface area contributed by atoms with Gasteiger partial charge in [-0.1, -0.05) is 0 Å². The van der Waals surface area contributed by atoms with E-state index in [2.05, 4.69) is 29.1 Å². The van der Waals surface area contributed by atoms with Gasteiger partial charge in [-0.05, 0) is 26.7 Å². The molecule has 1 aliphatic heterocycles. The Balaban J connectivity index is 1.94. The van der Waals surface area contributed by atoms with Gasteiger partial charge in [-0.3, -0.25) is 4.90 Å². The third-order valence-corrected chi connectivity index (χ3v) is 3.91. The van der Waals surface area contributed by atoms with E-state index in [1.54, 1.807) is 11.3 Å². The van der Waals surface area contributed by atoms with Crippen LogP contribution in [0.4, 0.5) is 0 Å². The molecule has 1 aromatic heterocycles. The molecule has 1 saturated heterocycles. The van der Waals surface area contributed by atoms with Gasteiger partial charge in [0.2, 0.25) is 0 Å². The first-order chi connectivity index (χ1) is 7.15. The van der Waals surface area contributed by atoms with Gasteiger partial charge in [-0.25, -0.2) is 4.98 Å². The summed E-state index contributed by atoms with van der Waals surface area (Å²) in [6.45, 7) is 6.42. The fraction of sp³-hybridized carbons (Fsp3) is 0.727. The van der Waals surface area contributed by atoms with Crippen molar-refractivity contribution in [3.63, 3.8) is 0 Å². The summed E-state index contributed by atoms with van der Waals surface area (Å²) in [6, 6.07) is 0.990.